The molecule has 2 aliphatic rings. The van der Waals surface area contributed by atoms with Crippen LogP contribution in [0.25, 0.3) is 0 Å². The molecule has 0 aromatic carbocycles. The molecule has 0 bridgehead atoms. The molecule has 7 nitrogen and oxygen atoms in total. The van der Waals surface area contributed by atoms with Crippen molar-refractivity contribution >= 4 is 15.9 Å². The molecule has 0 radical (unpaired) electrons. The van der Waals surface area contributed by atoms with Gasteiger partial charge < -0.3 is 4.90 Å². The maximum absolute atomic E-state index is 12.7. The van der Waals surface area contributed by atoms with Gasteiger partial charge in [0.15, 0.2) is 0 Å². The predicted octanol–water partition coefficient (Wildman–Crippen LogP) is 0.830. The van der Waals surface area contributed by atoms with Gasteiger partial charge in [-0.05, 0) is 31.7 Å². The Bertz CT molecular complexity index is 600. The molecular weight excluding hydrogens is 304 g/mol. The summed E-state index contributed by atoms with van der Waals surface area (Å²) in [6.45, 7) is 2.26. The Balaban J connectivity index is 1.60. The minimum absolute atomic E-state index is 0.105. The van der Waals surface area contributed by atoms with Crippen molar-refractivity contribution in [2.45, 2.75) is 37.4 Å². The van der Waals surface area contributed by atoms with Crippen molar-refractivity contribution in [1.82, 2.24) is 19.4 Å². The fourth-order valence-electron chi connectivity index (χ4n) is 3.23. The number of aromatic nitrogens is 2. The van der Waals surface area contributed by atoms with E-state index in [0.717, 1.165) is 19.3 Å². The van der Waals surface area contributed by atoms with Crippen LogP contribution in [0, 0.1) is 0 Å². The zero-order chi connectivity index (χ0) is 15.6. The Morgan fingerprint density at radius 2 is 1.82 bits per heavy atom. The third kappa shape index (κ3) is 3.03. The van der Waals surface area contributed by atoms with Crippen LogP contribution in [-0.2, 0) is 10.0 Å². The van der Waals surface area contributed by atoms with E-state index in [-0.39, 0.29) is 11.2 Å². The number of carbonyl (C=O) groups excluding carboxylic acids is 1. The number of rotatable bonds is 3. The highest BCUT2D eigenvalue weighted by molar-refractivity contribution is 7.89. The van der Waals surface area contributed by atoms with Crippen molar-refractivity contribution in [3.8, 4) is 0 Å². The average Bonchev–Trinajstić information content (AvgIpc) is 3.09. The molecule has 3 rings (SSSR count). The van der Waals surface area contributed by atoms with E-state index in [0.29, 0.717) is 44.7 Å². The van der Waals surface area contributed by atoms with Gasteiger partial charge in [-0.3, -0.25) is 9.89 Å². The molecule has 0 spiro atoms. The van der Waals surface area contributed by atoms with Crippen LogP contribution in [0.3, 0.4) is 0 Å². The number of aromatic amines is 1. The highest BCUT2D eigenvalue weighted by Crippen LogP contribution is 2.24. The third-order valence-electron chi connectivity index (χ3n) is 4.56. The van der Waals surface area contributed by atoms with Crippen molar-refractivity contribution in [2.24, 2.45) is 0 Å². The SMILES string of the molecule is O=C(c1ccn[nH]1)N1CCC(S(=O)(=O)N2CCCCC2)CC1. The van der Waals surface area contributed by atoms with Crippen LogP contribution >= 0.6 is 0 Å². The number of sulfonamides is 1. The smallest absolute Gasteiger partial charge is 0.271 e. The second-order valence-corrected chi connectivity index (χ2v) is 8.18. The summed E-state index contributed by atoms with van der Waals surface area (Å²) in [5, 5.41) is 6.09. The summed E-state index contributed by atoms with van der Waals surface area (Å²) in [5.41, 5.74) is 0.456. The second kappa shape index (κ2) is 6.37. The fraction of sp³-hybridized carbons (Fsp3) is 0.714. The van der Waals surface area contributed by atoms with Gasteiger partial charge in [-0.2, -0.15) is 5.10 Å². The Kier molecular flexibility index (Phi) is 4.49. The standard InChI is InChI=1S/C14H22N4O3S/c19-14(13-4-7-15-16-13)17-10-5-12(6-11-17)22(20,21)18-8-2-1-3-9-18/h4,7,12H,1-3,5-6,8-11H2,(H,15,16). The van der Waals surface area contributed by atoms with E-state index >= 15 is 0 Å². The summed E-state index contributed by atoms with van der Waals surface area (Å²) in [7, 11) is -3.21. The largest absolute Gasteiger partial charge is 0.337 e. The van der Waals surface area contributed by atoms with Gasteiger partial charge in [0.05, 0.1) is 5.25 Å². The third-order valence-corrected chi connectivity index (χ3v) is 6.96. The van der Waals surface area contributed by atoms with Crippen molar-refractivity contribution in [2.75, 3.05) is 26.2 Å². The van der Waals surface area contributed by atoms with Gasteiger partial charge in [-0.1, -0.05) is 6.42 Å². The van der Waals surface area contributed by atoms with E-state index in [9.17, 15) is 13.2 Å². The summed E-state index contributed by atoms with van der Waals surface area (Å²) in [6.07, 6.45) is 5.59. The number of carbonyl (C=O) groups is 1. The first-order valence-electron chi connectivity index (χ1n) is 7.86. The molecule has 122 valence electrons. The first-order valence-corrected chi connectivity index (χ1v) is 9.37. The van der Waals surface area contributed by atoms with Crippen molar-refractivity contribution in [3.63, 3.8) is 0 Å². The number of hydrogen-bond donors (Lipinski definition) is 1. The molecule has 22 heavy (non-hydrogen) atoms. The molecule has 8 heteroatoms. The van der Waals surface area contributed by atoms with Crippen LogP contribution in [-0.4, -0.2) is 65.2 Å². The lowest BCUT2D eigenvalue weighted by molar-refractivity contribution is 0.0718. The summed E-state index contributed by atoms with van der Waals surface area (Å²) in [4.78, 5) is 13.9. The normalized spacial score (nSPS) is 21.9. The van der Waals surface area contributed by atoms with Gasteiger partial charge in [0, 0.05) is 32.4 Å². The van der Waals surface area contributed by atoms with Crippen molar-refractivity contribution < 1.29 is 13.2 Å². The van der Waals surface area contributed by atoms with Gasteiger partial charge >= 0.3 is 0 Å². The van der Waals surface area contributed by atoms with E-state index in [1.807, 2.05) is 0 Å². The van der Waals surface area contributed by atoms with Gasteiger partial charge in [0.25, 0.3) is 5.91 Å². The molecule has 1 amide bonds. The molecule has 2 aliphatic heterocycles. The Morgan fingerprint density at radius 1 is 1.14 bits per heavy atom. The topological polar surface area (TPSA) is 86.4 Å². The molecule has 1 N–H and O–H groups in total. The van der Waals surface area contributed by atoms with Gasteiger partial charge in [-0.25, -0.2) is 12.7 Å². The summed E-state index contributed by atoms with van der Waals surface area (Å²) < 4.78 is 27.0. The molecule has 3 heterocycles. The first-order chi connectivity index (χ1) is 10.6. The molecule has 1 aromatic heterocycles. The zero-order valence-corrected chi connectivity index (χ0v) is 13.4. The van der Waals surface area contributed by atoms with Gasteiger partial charge in [0.1, 0.15) is 5.69 Å². The Hall–Kier alpha value is -1.41. The average molecular weight is 326 g/mol. The molecule has 0 unspecified atom stereocenters. The molecule has 2 saturated heterocycles. The van der Waals surface area contributed by atoms with Crippen LogP contribution < -0.4 is 0 Å². The number of nitrogens with zero attached hydrogens (tertiary/aromatic N) is 3. The number of nitrogens with one attached hydrogen (secondary N) is 1. The first kappa shape index (κ1) is 15.5. The van der Waals surface area contributed by atoms with E-state index in [4.69, 9.17) is 0 Å². The highest BCUT2D eigenvalue weighted by Gasteiger charge is 2.36. The van der Waals surface area contributed by atoms with E-state index in [2.05, 4.69) is 10.2 Å². The van der Waals surface area contributed by atoms with Crippen molar-refractivity contribution in [1.29, 1.82) is 0 Å². The van der Waals surface area contributed by atoms with E-state index < -0.39 is 10.0 Å². The lowest BCUT2D eigenvalue weighted by Crippen LogP contribution is -2.48. The second-order valence-electron chi connectivity index (χ2n) is 5.97. The van der Waals surface area contributed by atoms with Crippen LogP contribution in [0.4, 0.5) is 0 Å². The highest BCUT2D eigenvalue weighted by atomic mass is 32.2. The van der Waals surface area contributed by atoms with Crippen LogP contribution in [0.1, 0.15) is 42.6 Å². The summed E-state index contributed by atoms with van der Waals surface area (Å²) in [5.74, 6) is -0.105. The number of likely N-dealkylation sites (tertiary alicyclic amines) is 1. The number of H-pyrrole nitrogens is 1. The molecule has 0 atom stereocenters. The maximum atomic E-state index is 12.7. The van der Waals surface area contributed by atoms with E-state index in [1.165, 1.54) is 0 Å². The van der Waals surface area contributed by atoms with Crippen LogP contribution in [0.2, 0.25) is 0 Å². The molecule has 0 saturated carbocycles. The van der Waals surface area contributed by atoms with Gasteiger partial charge in [-0.15, -0.1) is 0 Å². The predicted molar refractivity (Wildman–Crippen MR) is 81.9 cm³/mol. The monoisotopic (exact) mass is 326 g/mol. The molecular formula is C14H22N4O3S. The summed E-state index contributed by atoms with van der Waals surface area (Å²) >= 11 is 0. The lowest BCUT2D eigenvalue weighted by Gasteiger charge is -2.35. The molecule has 1 aromatic rings. The Labute approximate surface area is 130 Å². The van der Waals surface area contributed by atoms with Gasteiger partial charge in [0.2, 0.25) is 10.0 Å². The molecule has 2 fully saturated rings. The summed E-state index contributed by atoms with van der Waals surface area (Å²) in [6, 6.07) is 1.64. The minimum atomic E-state index is -3.21. The zero-order valence-electron chi connectivity index (χ0n) is 12.6. The number of amides is 1. The maximum Gasteiger partial charge on any atom is 0.271 e. The Morgan fingerprint density at radius 3 is 2.41 bits per heavy atom. The van der Waals surface area contributed by atoms with Crippen LogP contribution in [0.15, 0.2) is 12.3 Å². The van der Waals surface area contributed by atoms with Crippen LogP contribution in [0.5, 0.6) is 0 Å². The fourth-order valence-corrected chi connectivity index (χ4v) is 5.23. The quantitative estimate of drug-likeness (QED) is 0.891. The minimum Gasteiger partial charge on any atom is -0.337 e. The number of piperidine rings is 2. The lowest BCUT2D eigenvalue weighted by atomic mass is 10.1. The van der Waals surface area contributed by atoms with E-state index in [1.54, 1.807) is 21.5 Å². The molecule has 0 aliphatic carbocycles. The van der Waals surface area contributed by atoms with Crippen molar-refractivity contribution in [3.05, 3.63) is 18.0 Å². The number of hydrogen-bond acceptors (Lipinski definition) is 4.